The summed E-state index contributed by atoms with van der Waals surface area (Å²) in [6, 6.07) is 7.36. The zero-order valence-corrected chi connectivity index (χ0v) is 11.7. The van der Waals surface area contributed by atoms with Crippen LogP contribution < -0.4 is 10.1 Å². The fourth-order valence-electron chi connectivity index (χ4n) is 1.44. The van der Waals surface area contributed by atoms with E-state index in [2.05, 4.69) is 5.32 Å². The lowest BCUT2D eigenvalue weighted by Crippen LogP contribution is -2.29. The van der Waals surface area contributed by atoms with Gasteiger partial charge in [-0.1, -0.05) is 12.1 Å². The molecule has 0 aliphatic rings. The summed E-state index contributed by atoms with van der Waals surface area (Å²) in [6.45, 7) is 4.43. The molecule has 0 spiro atoms. The van der Waals surface area contributed by atoms with Crippen LogP contribution in [0.3, 0.4) is 0 Å². The summed E-state index contributed by atoms with van der Waals surface area (Å²) in [5.41, 5.74) is 0.875. The van der Waals surface area contributed by atoms with Gasteiger partial charge in [-0.3, -0.25) is 9.59 Å². The molecular formula is C15H19NO4. The van der Waals surface area contributed by atoms with Gasteiger partial charge in [0.15, 0.2) is 0 Å². The monoisotopic (exact) mass is 277 g/mol. The highest BCUT2D eigenvalue weighted by molar-refractivity contribution is 5.93. The molecule has 1 rings (SSSR count). The van der Waals surface area contributed by atoms with E-state index in [0.29, 0.717) is 13.2 Å². The summed E-state index contributed by atoms with van der Waals surface area (Å²) in [5, 5.41) is 2.44. The highest BCUT2D eigenvalue weighted by atomic mass is 16.5. The summed E-state index contributed by atoms with van der Waals surface area (Å²) in [4.78, 5) is 22.5. The van der Waals surface area contributed by atoms with Gasteiger partial charge in [0, 0.05) is 6.08 Å². The molecule has 1 aromatic rings. The Morgan fingerprint density at radius 2 is 1.85 bits per heavy atom. The van der Waals surface area contributed by atoms with E-state index < -0.39 is 5.97 Å². The van der Waals surface area contributed by atoms with Crippen LogP contribution in [-0.4, -0.2) is 31.6 Å². The van der Waals surface area contributed by atoms with Crippen LogP contribution in [0.25, 0.3) is 6.08 Å². The van der Waals surface area contributed by atoms with E-state index in [4.69, 9.17) is 9.47 Å². The second kappa shape index (κ2) is 8.74. The Morgan fingerprint density at radius 1 is 1.15 bits per heavy atom. The first kappa shape index (κ1) is 15.8. The average Bonchev–Trinajstić information content (AvgIpc) is 2.45. The van der Waals surface area contributed by atoms with Crippen LogP contribution >= 0.6 is 0 Å². The van der Waals surface area contributed by atoms with Crippen LogP contribution in [0.4, 0.5) is 0 Å². The van der Waals surface area contributed by atoms with Gasteiger partial charge in [0.1, 0.15) is 12.3 Å². The van der Waals surface area contributed by atoms with Crippen LogP contribution in [0.1, 0.15) is 19.4 Å². The molecule has 0 heterocycles. The first-order valence-corrected chi connectivity index (χ1v) is 6.50. The maximum atomic E-state index is 11.5. The minimum atomic E-state index is -0.449. The highest BCUT2D eigenvalue weighted by Crippen LogP contribution is 2.12. The Morgan fingerprint density at radius 3 is 2.45 bits per heavy atom. The Hall–Kier alpha value is -2.30. The number of rotatable bonds is 7. The topological polar surface area (TPSA) is 64.6 Å². The molecule has 108 valence electrons. The molecule has 1 N–H and O–H groups in total. The van der Waals surface area contributed by atoms with E-state index in [0.717, 1.165) is 11.3 Å². The van der Waals surface area contributed by atoms with Crippen molar-refractivity contribution in [2.45, 2.75) is 13.8 Å². The summed E-state index contributed by atoms with van der Waals surface area (Å²) in [5.74, 6) is -0.00123. The Labute approximate surface area is 118 Å². The van der Waals surface area contributed by atoms with Crippen molar-refractivity contribution in [3.8, 4) is 5.75 Å². The molecule has 0 aromatic heterocycles. The third-order valence-electron chi connectivity index (χ3n) is 2.33. The number of nitrogens with one attached hydrogen (secondary N) is 1. The van der Waals surface area contributed by atoms with Crippen molar-refractivity contribution < 1.29 is 19.1 Å². The number of hydrogen-bond donors (Lipinski definition) is 1. The zero-order valence-electron chi connectivity index (χ0n) is 11.7. The minimum Gasteiger partial charge on any atom is -0.494 e. The lowest BCUT2D eigenvalue weighted by molar-refractivity contribution is -0.143. The molecule has 5 heteroatoms. The number of esters is 1. The highest BCUT2D eigenvalue weighted by Gasteiger charge is 2.02. The number of carbonyl (C=O) groups is 2. The van der Waals surface area contributed by atoms with E-state index >= 15 is 0 Å². The van der Waals surface area contributed by atoms with E-state index in [1.54, 1.807) is 13.0 Å². The first-order chi connectivity index (χ1) is 9.65. The molecule has 1 aromatic carbocycles. The van der Waals surface area contributed by atoms with Crippen molar-refractivity contribution in [1.82, 2.24) is 5.32 Å². The standard InChI is InChI=1S/C15H19NO4/c1-3-19-13-8-5-12(6-9-13)7-10-14(17)16-11-15(18)20-4-2/h5-10H,3-4,11H2,1-2H3,(H,16,17)/b10-7+. The van der Waals surface area contributed by atoms with Crippen molar-refractivity contribution in [3.63, 3.8) is 0 Å². The van der Waals surface area contributed by atoms with E-state index in [1.807, 2.05) is 31.2 Å². The summed E-state index contributed by atoms with van der Waals surface area (Å²) in [7, 11) is 0. The quantitative estimate of drug-likeness (QED) is 0.609. The molecule has 0 radical (unpaired) electrons. The molecule has 0 saturated heterocycles. The average molecular weight is 277 g/mol. The molecule has 1 amide bonds. The minimum absolute atomic E-state index is 0.125. The maximum Gasteiger partial charge on any atom is 0.325 e. The molecule has 0 fully saturated rings. The molecule has 0 saturated carbocycles. The summed E-state index contributed by atoms with van der Waals surface area (Å²) < 4.78 is 10.0. The van der Waals surface area contributed by atoms with Crippen molar-refractivity contribution >= 4 is 18.0 Å². The van der Waals surface area contributed by atoms with Gasteiger partial charge in [-0.25, -0.2) is 0 Å². The fourth-order valence-corrected chi connectivity index (χ4v) is 1.44. The molecule has 0 aliphatic carbocycles. The SMILES string of the molecule is CCOC(=O)CNC(=O)/C=C/c1ccc(OCC)cc1. The Balaban J connectivity index is 2.42. The van der Waals surface area contributed by atoms with Crippen molar-refractivity contribution in [1.29, 1.82) is 0 Å². The third-order valence-corrected chi connectivity index (χ3v) is 2.33. The smallest absolute Gasteiger partial charge is 0.325 e. The van der Waals surface area contributed by atoms with Gasteiger partial charge in [-0.2, -0.15) is 0 Å². The predicted molar refractivity (Wildman–Crippen MR) is 76.3 cm³/mol. The number of ether oxygens (including phenoxy) is 2. The fraction of sp³-hybridized carbons (Fsp3) is 0.333. The van der Waals surface area contributed by atoms with Crippen molar-refractivity contribution in [2.24, 2.45) is 0 Å². The van der Waals surface area contributed by atoms with Gasteiger partial charge >= 0.3 is 5.97 Å². The predicted octanol–water partition coefficient (Wildman–Crippen LogP) is 1.78. The number of benzene rings is 1. The maximum absolute atomic E-state index is 11.5. The Bertz CT molecular complexity index is 465. The summed E-state index contributed by atoms with van der Waals surface area (Å²) in [6.07, 6.45) is 3.03. The Kier molecular flexibility index (Phi) is 6.89. The number of hydrogen-bond acceptors (Lipinski definition) is 4. The summed E-state index contributed by atoms with van der Waals surface area (Å²) >= 11 is 0. The van der Waals surface area contributed by atoms with Crippen LogP contribution in [0.2, 0.25) is 0 Å². The molecule has 0 unspecified atom stereocenters. The molecule has 20 heavy (non-hydrogen) atoms. The van der Waals surface area contributed by atoms with E-state index in [1.165, 1.54) is 6.08 Å². The van der Waals surface area contributed by atoms with Gasteiger partial charge in [-0.05, 0) is 37.6 Å². The van der Waals surface area contributed by atoms with Gasteiger partial charge in [0.2, 0.25) is 5.91 Å². The normalized spacial score (nSPS) is 10.3. The molecule has 0 bridgehead atoms. The van der Waals surface area contributed by atoms with Gasteiger partial charge in [-0.15, -0.1) is 0 Å². The second-order valence-corrected chi connectivity index (χ2v) is 3.86. The van der Waals surface area contributed by atoms with Crippen LogP contribution in [0, 0.1) is 0 Å². The third kappa shape index (κ3) is 6.04. The second-order valence-electron chi connectivity index (χ2n) is 3.86. The van der Waals surface area contributed by atoms with Crippen molar-refractivity contribution in [2.75, 3.05) is 19.8 Å². The van der Waals surface area contributed by atoms with E-state index in [-0.39, 0.29) is 12.5 Å². The molecular weight excluding hydrogens is 258 g/mol. The lowest BCUT2D eigenvalue weighted by atomic mass is 10.2. The van der Waals surface area contributed by atoms with Crippen LogP contribution in [-0.2, 0) is 14.3 Å². The lowest BCUT2D eigenvalue weighted by Gasteiger charge is -2.03. The molecule has 0 atom stereocenters. The van der Waals surface area contributed by atoms with Gasteiger partial charge in [0.25, 0.3) is 0 Å². The zero-order chi connectivity index (χ0) is 14.8. The number of amides is 1. The molecule has 0 aliphatic heterocycles. The van der Waals surface area contributed by atoms with E-state index in [9.17, 15) is 9.59 Å². The largest absolute Gasteiger partial charge is 0.494 e. The number of carbonyl (C=O) groups excluding carboxylic acids is 2. The van der Waals surface area contributed by atoms with Crippen LogP contribution in [0.5, 0.6) is 5.75 Å². The van der Waals surface area contributed by atoms with Crippen molar-refractivity contribution in [3.05, 3.63) is 35.9 Å². The molecule has 5 nitrogen and oxygen atoms in total. The van der Waals surface area contributed by atoms with Gasteiger partial charge < -0.3 is 14.8 Å². The van der Waals surface area contributed by atoms with Gasteiger partial charge in [0.05, 0.1) is 13.2 Å². The van der Waals surface area contributed by atoms with Crippen LogP contribution in [0.15, 0.2) is 30.3 Å². The first-order valence-electron chi connectivity index (χ1n) is 6.50.